The first-order valence-corrected chi connectivity index (χ1v) is 14.9. The van der Waals surface area contributed by atoms with Crippen LogP contribution in [0.2, 0.25) is 0 Å². The van der Waals surface area contributed by atoms with Crippen molar-refractivity contribution < 1.29 is 31.4 Å². The predicted octanol–water partition coefficient (Wildman–Crippen LogP) is 7.49. The number of hydrogen-bond acceptors (Lipinski definition) is 6. The minimum absolute atomic E-state index is 0.0960. The largest absolute Gasteiger partial charge is 0.401 e. The van der Waals surface area contributed by atoms with Crippen LogP contribution >= 0.6 is 7.60 Å². The van der Waals surface area contributed by atoms with Crippen LogP contribution in [0.25, 0.3) is 0 Å². The fourth-order valence-corrected chi connectivity index (χ4v) is 6.83. The molecule has 0 bridgehead atoms. The average Bonchev–Trinajstić information content (AvgIpc) is 2.78. The molecule has 1 rings (SSSR count). The van der Waals surface area contributed by atoms with E-state index in [4.69, 9.17) is 9.05 Å². The number of carbonyl (C=O) groups is 1. The van der Waals surface area contributed by atoms with Gasteiger partial charge in [-0.25, -0.2) is 9.36 Å². The fourth-order valence-electron chi connectivity index (χ4n) is 3.41. The zero-order chi connectivity index (χ0) is 26.5. The van der Waals surface area contributed by atoms with Gasteiger partial charge < -0.3 is 9.05 Å². The van der Waals surface area contributed by atoms with E-state index in [1.165, 1.54) is 23.3 Å². The van der Waals surface area contributed by atoms with Crippen molar-refractivity contribution in [3.8, 4) is 0 Å². The average molecular weight is 527 g/mol. The van der Waals surface area contributed by atoms with Crippen LogP contribution in [0.1, 0.15) is 83.0 Å². The molecule has 0 aliphatic carbocycles. The van der Waals surface area contributed by atoms with Crippen molar-refractivity contribution >= 4 is 23.7 Å². The third-order valence-corrected chi connectivity index (χ3v) is 9.83. The van der Waals surface area contributed by atoms with E-state index in [0.29, 0.717) is 12.8 Å². The molecule has 0 heterocycles. The molecule has 35 heavy (non-hydrogen) atoms. The molecule has 0 aliphatic rings. The highest BCUT2D eigenvalue weighted by molar-refractivity contribution is 7.94. The predicted molar refractivity (Wildman–Crippen MR) is 141 cm³/mol. The van der Waals surface area contributed by atoms with E-state index >= 15 is 0 Å². The molecule has 0 saturated carbocycles. The number of unbranched alkanes of at least 4 members (excludes halogenated alkanes) is 1. The second-order valence-electron chi connectivity index (χ2n) is 8.83. The van der Waals surface area contributed by atoms with Gasteiger partial charge in [-0.05, 0) is 84.8 Å². The van der Waals surface area contributed by atoms with Crippen molar-refractivity contribution in [3.05, 3.63) is 70.8 Å². The van der Waals surface area contributed by atoms with Gasteiger partial charge in [0, 0.05) is 7.11 Å². The summed E-state index contributed by atoms with van der Waals surface area (Å²) in [7, 11) is -8.28. The van der Waals surface area contributed by atoms with Gasteiger partial charge in [0.1, 0.15) is 0 Å². The molecule has 0 fully saturated rings. The van der Waals surface area contributed by atoms with E-state index in [0.717, 1.165) is 38.4 Å². The van der Waals surface area contributed by atoms with Gasteiger partial charge in [0.05, 0.1) is 5.56 Å². The standard InChI is InChI=1S/C26H39O7PS/c1-21(2)13-11-15-23(4)17-12-16-22(3)14-9-10-20-25(35(29,30)31)34(28,32-5)33-26(27)24-18-7-6-8-19-24/h6-8,13-14,17-19,25H,9-12,15-16,20H2,1-5H3,(H,29,30,31). The molecule has 0 saturated heterocycles. The van der Waals surface area contributed by atoms with E-state index in [-0.39, 0.29) is 12.0 Å². The van der Waals surface area contributed by atoms with E-state index in [1.807, 2.05) is 13.0 Å². The van der Waals surface area contributed by atoms with Gasteiger partial charge in [0.15, 0.2) is 4.99 Å². The Balaban J connectivity index is 2.68. The lowest BCUT2D eigenvalue weighted by Crippen LogP contribution is -2.24. The maximum absolute atomic E-state index is 13.1. The molecular formula is C26H39O7PS. The van der Waals surface area contributed by atoms with Crippen LogP contribution in [0.3, 0.4) is 0 Å². The summed E-state index contributed by atoms with van der Waals surface area (Å²) in [4.78, 5) is 10.5. The first-order valence-electron chi connectivity index (χ1n) is 11.7. The summed E-state index contributed by atoms with van der Waals surface area (Å²) < 4.78 is 56.6. The fraction of sp³-hybridized carbons (Fsp3) is 0.500. The highest BCUT2D eigenvalue weighted by atomic mass is 32.2. The highest BCUT2D eigenvalue weighted by Gasteiger charge is 2.46. The van der Waals surface area contributed by atoms with E-state index in [9.17, 15) is 22.3 Å². The molecule has 2 atom stereocenters. The topological polar surface area (TPSA) is 107 Å². The molecule has 0 aliphatic heterocycles. The molecule has 196 valence electrons. The molecule has 2 unspecified atom stereocenters. The van der Waals surface area contributed by atoms with Crippen molar-refractivity contribution in [1.29, 1.82) is 0 Å². The summed E-state index contributed by atoms with van der Waals surface area (Å²) in [5, 5.41) is 0. The minimum Gasteiger partial charge on any atom is -0.387 e. The summed E-state index contributed by atoms with van der Waals surface area (Å²) in [6, 6.07) is 7.75. The van der Waals surface area contributed by atoms with Crippen molar-refractivity contribution in [1.82, 2.24) is 0 Å². The molecule has 0 spiro atoms. The second-order valence-corrected chi connectivity index (χ2v) is 13.0. The molecule has 0 radical (unpaired) electrons. The van der Waals surface area contributed by atoms with Crippen LogP contribution in [-0.4, -0.2) is 31.0 Å². The normalized spacial score (nSPS) is 15.3. The van der Waals surface area contributed by atoms with Crippen LogP contribution in [0.15, 0.2) is 65.3 Å². The summed E-state index contributed by atoms with van der Waals surface area (Å²) in [6.07, 6.45) is 11.0. The summed E-state index contributed by atoms with van der Waals surface area (Å²) in [5.74, 6) is -0.982. The Kier molecular flexibility index (Phi) is 13.5. The smallest absolute Gasteiger partial charge is 0.387 e. The molecular weight excluding hydrogens is 487 g/mol. The first-order chi connectivity index (χ1) is 16.4. The monoisotopic (exact) mass is 526 g/mol. The van der Waals surface area contributed by atoms with Crippen molar-refractivity contribution in [2.45, 2.75) is 77.6 Å². The number of hydrogen-bond donors (Lipinski definition) is 1. The van der Waals surface area contributed by atoms with Gasteiger partial charge in [0.2, 0.25) is 0 Å². The Morgan fingerprint density at radius 1 is 0.971 bits per heavy atom. The lowest BCUT2D eigenvalue weighted by molar-refractivity contribution is 0.0706. The third kappa shape index (κ3) is 12.0. The molecule has 1 aromatic rings. The molecule has 1 aromatic carbocycles. The lowest BCUT2D eigenvalue weighted by Gasteiger charge is -2.23. The zero-order valence-corrected chi connectivity index (χ0v) is 23.1. The minimum atomic E-state index is -4.80. The van der Waals surface area contributed by atoms with Gasteiger partial charge in [-0.2, -0.15) is 8.42 Å². The number of allylic oxidation sites excluding steroid dienone is 6. The van der Waals surface area contributed by atoms with Gasteiger partial charge in [-0.1, -0.05) is 53.1 Å². The Hall–Kier alpha value is -1.99. The molecule has 0 amide bonds. The SMILES string of the molecule is COP(=O)(OC(=O)c1ccccc1)C(CCCC=C(C)CCC=C(C)CCC=C(C)C)S(=O)(=O)O. The van der Waals surface area contributed by atoms with Crippen LogP contribution in [0.4, 0.5) is 0 Å². The van der Waals surface area contributed by atoms with Gasteiger partial charge >= 0.3 is 13.6 Å². The summed E-state index contributed by atoms with van der Waals surface area (Å²) in [5.41, 5.74) is 3.93. The van der Waals surface area contributed by atoms with Gasteiger partial charge in [-0.3, -0.25) is 4.55 Å². The van der Waals surface area contributed by atoms with Crippen LogP contribution in [0.5, 0.6) is 0 Å². The molecule has 0 aromatic heterocycles. The molecule has 1 N–H and O–H groups in total. The number of carbonyl (C=O) groups excluding carboxylic acids is 1. The maximum atomic E-state index is 13.1. The van der Waals surface area contributed by atoms with Crippen LogP contribution in [-0.2, 0) is 23.7 Å². The van der Waals surface area contributed by atoms with Gasteiger partial charge in [-0.15, -0.1) is 0 Å². The number of benzene rings is 1. The van der Waals surface area contributed by atoms with Crippen LogP contribution < -0.4 is 0 Å². The van der Waals surface area contributed by atoms with Crippen molar-refractivity contribution in [3.63, 3.8) is 0 Å². The van der Waals surface area contributed by atoms with E-state index in [2.05, 4.69) is 32.9 Å². The summed E-state index contributed by atoms with van der Waals surface area (Å²) in [6.45, 7) is 8.33. The summed E-state index contributed by atoms with van der Waals surface area (Å²) >= 11 is 0. The zero-order valence-electron chi connectivity index (χ0n) is 21.4. The van der Waals surface area contributed by atoms with E-state index < -0.39 is 28.7 Å². The third-order valence-electron chi connectivity index (χ3n) is 5.44. The number of rotatable bonds is 15. The lowest BCUT2D eigenvalue weighted by atomic mass is 10.1. The van der Waals surface area contributed by atoms with Gasteiger partial charge in [0.25, 0.3) is 10.1 Å². The Morgan fingerprint density at radius 2 is 1.51 bits per heavy atom. The highest BCUT2D eigenvalue weighted by Crippen LogP contribution is 2.56. The quantitative estimate of drug-likeness (QED) is 0.109. The molecule has 7 nitrogen and oxygen atoms in total. The Labute approximate surface area is 210 Å². The first kappa shape index (κ1) is 31.0. The Bertz CT molecular complexity index is 1050. The van der Waals surface area contributed by atoms with Crippen molar-refractivity contribution in [2.75, 3.05) is 7.11 Å². The van der Waals surface area contributed by atoms with Crippen LogP contribution in [0, 0.1) is 0 Å². The Morgan fingerprint density at radius 3 is 2.03 bits per heavy atom. The van der Waals surface area contributed by atoms with E-state index in [1.54, 1.807) is 18.2 Å². The van der Waals surface area contributed by atoms with Crippen molar-refractivity contribution in [2.24, 2.45) is 0 Å². The maximum Gasteiger partial charge on any atom is 0.401 e. The molecule has 9 heteroatoms. The second kappa shape index (κ2) is 15.2.